The molecule has 8 aromatic carbocycles. The maximum atomic E-state index is 9.24. The van der Waals surface area contributed by atoms with E-state index in [1.54, 1.807) is 15.9 Å². The Bertz CT molecular complexity index is 3460. The van der Waals surface area contributed by atoms with Gasteiger partial charge in [-0.3, -0.25) is 0 Å². The van der Waals surface area contributed by atoms with E-state index in [4.69, 9.17) is 20.4 Å². The maximum Gasteiger partial charge on any atom is 0.166 e. The summed E-state index contributed by atoms with van der Waals surface area (Å²) in [6.07, 6.45) is 0. The number of rotatable bonds is 6. The molecule has 0 amide bonds. The summed E-state index contributed by atoms with van der Waals surface area (Å²) in [7, 11) is 0. The average molecular weight is 739 g/mol. The summed E-state index contributed by atoms with van der Waals surface area (Å²) in [6.45, 7) is 0. The first-order chi connectivity index (χ1) is 30.2. The molecule has 262 valence electrons. The summed E-state index contributed by atoms with van der Waals surface area (Å²) >= 11 is 1.73. The number of aromatic nitrogens is 4. The Morgan fingerprint density at radius 3 is 1.64 bits per heavy atom. The highest BCUT2D eigenvalue weighted by molar-refractivity contribution is 7.26. The smallest absolute Gasteiger partial charge is 0.166 e. The average Bonchev–Trinajstić information content (AvgIpc) is 3.88. The van der Waals surface area contributed by atoms with E-state index in [1.165, 1.54) is 17.5 Å². The Balaban J connectivity index is 1.23. The second-order valence-corrected chi connectivity index (χ2v) is 14.6. The van der Waals surface area contributed by atoms with E-state index in [-0.39, 0.29) is 58.1 Å². The third-order valence-electron chi connectivity index (χ3n) is 10.2. The molecule has 0 saturated heterocycles. The van der Waals surface area contributed by atoms with E-state index < -0.39 is 0 Å². The Kier molecular flexibility index (Phi) is 6.29. The van der Waals surface area contributed by atoms with Crippen LogP contribution in [0.1, 0.15) is 8.22 Å². The first kappa shape index (κ1) is 26.5. The summed E-state index contributed by atoms with van der Waals surface area (Å²) in [5, 5.41) is 2.65. The standard InChI is InChI=1S/C51H32N4S/c1-4-15-33(16-5-1)36-28-30-47-42(31-36)41-24-14-23-38(48(41)56-47)37-27-29-46(55-44-25-12-10-21-39(44)40-22-11-13-26-45(40)55)43(32-37)51-53-49(34-17-6-2-7-18-34)52-50(54-51)35-19-8-3-9-20-35/h1-32H/i10D,11D,21D,22D,25D,26D. The van der Waals surface area contributed by atoms with Crippen molar-refractivity contribution in [1.82, 2.24) is 19.5 Å². The van der Waals surface area contributed by atoms with Gasteiger partial charge in [-0.1, -0.05) is 158 Å². The van der Waals surface area contributed by atoms with Crippen molar-refractivity contribution in [2.45, 2.75) is 0 Å². The molecular weight excluding hydrogens is 701 g/mol. The van der Waals surface area contributed by atoms with Gasteiger partial charge in [0, 0.05) is 47.6 Å². The molecule has 0 radical (unpaired) electrons. The van der Waals surface area contributed by atoms with Crippen LogP contribution < -0.4 is 0 Å². The van der Waals surface area contributed by atoms with Crippen molar-refractivity contribution in [1.29, 1.82) is 0 Å². The Morgan fingerprint density at radius 2 is 1.00 bits per heavy atom. The van der Waals surface area contributed by atoms with E-state index in [0.717, 1.165) is 48.2 Å². The highest BCUT2D eigenvalue weighted by Gasteiger charge is 2.21. The van der Waals surface area contributed by atoms with E-state index in [1.807, 2.05) is 84.9 Å². The van der Waals surface area contributed by atoms with Crippen molar-refractivity contribution in [2.75, 3.05) is 0 Å². The summed E-state index contributed by atoms with van der Waals surface area (Å²) in [5.74, 6) is 1.25. The number of benzene rings is 8. The molecule has 0 aliphatic carbocycles. The van der Waals surface area contributed by atoms with Gasteiger partial charge < -0.3 is 4.57 Å². The molecule has 0 fully saturated rings. The van der Waals surface area contributed by atoms with Crippen molar-refractivity contribution < 1.29 is 8.22 Å². The van der Waals surface area contributed by atoms with Gasteiger partial charge in [0.15, 0.2) is 17.5 Å². The minimum absolute atomic E-state index is 0.0481. The molecule has 3 heterocycles. The van der Waals surface area contributed by atoms with E-state index in [0.29, 0.717) is 28.7 Å². The summed E-state index contributed by atoms with van der Waals surface area (Å²) in [4.78, 5) is 15.3. The van der Waals surface area contributed by atoms with Crippen LogP contribution in [-0.2, 0) is 0 Å². The number of nitrogens with zero attached hydrogens (tertiary/aromatic N) is 4. The lowest BCUT2D eigenvalue weighted by Gasteiger charge is -2.16. The second-order valence-electron chi connectivity index (χ2n) is 13.5. The molecule has 3 aromatic heterocycles. The second kappa shape index (κ2) is 13.3. The molecular formula is C51H32N4S. The van der Waals surface area contributed by atoms with E-state index in [9.17, 15) is 2.74 Å². The molecule has 0 unspecified atom stereocenters. The Hall–Kier alpha value is -7.21. The topological polar surface area (TPSA) is 43.6 Å². The van der Waals surface area contributed by atoms with Crippen LogP contribution in [0.5, 0.6) is 0 Å². The molecule has 0 aliphatic rings. The molecule has 11 rings (SSSR count). The van der Waals surface area contributed by atoms with Crippen LogP contribution in [0.2, 0.25) is 0 Å². The lowest BCUT2D eigenvalue weighted by Crippen LogP contribution is -2.04. The molecule has 0 spiro atoms. The molecule has 56 heavy (non-hydrogen) atoms. The Labute approximate surface area is 336 Å². The lowest BCUT2D eigenvalue weighted by molar-refractivity contribution is 1.06. The number of thiophene rings is 1. The number of para-hydroxylation sites is 2. The molecule has 11 aromatic rings. The van der Waals surface area contributed by atoms with E-state index >= 15 is 0 Å². The molecule has 4 nitrogen and oxygen atoms in total. The van der Waals surface area contributed by atoms with Crippen LogP contribution in [0, 0.1) is 0 Å². The zero-order valence-electron chi connectivity index (χ0n) is 35.7. The van der Waals surface area contributed by atoms with Gasteiger partial charge in [-0.15, -0.1) is 11.3 Å². The van der Waals surface area contributed by atoms with Gasteiger partial charge in [-0.05, 0) is 58.6 Å². The third-order valence-corrected chi connectivity index (χ3v) is 11.4. The molecule has 0 bridgehead atoms. The maximum absolute atomic E-state index is 9.24. The molecule has 0 saturated carbocycles. The molecule has 0 aliphatic heterocycles. The van der Waals surface area contributed by atoms with Crippen molar-refractivity contribution in [3.05, 3.63) is 194 Å². The Morgan fingerprint density at radius 1 is 0.411 bits per heavy atom. The van der Waals surface area contributed by atoms with Gasteiger partial charge in [0.1, 0.15) is 0 Å². The number of fused-ring (bicyclic) bond motifs is 6. The van der Waals surface area contributed by atoms with Crippen LogP contribution in [0.4, 0.5) is 0 Å². The zero-order valence-corrected chi connectivity index (χ0v) is 30.5. The summed E-state index contributed by atoms with van der Waals surface area (Å²) in [6, 6.07) is 50.5. The zero-order chi connectivity index (χ0) is 42.2. The lowest BCUT2D eigenvalue weighted by atomic mass is 9.98. The predicted molar refractivity (Wildman–Crippen MR) is 234 cm³/mol. The van der Waals surface area contributed by atoms with Crippen LogP contribution in [0.15, 0.2) is 194 Å². The first-order valence-corrected chi connectivity index (χ1v) is 19.1. The minimum atomic E-state index is -0.179. The van der Waals surface area contributed by atoms with E-state index in [2.05, 4.69) is 60.7 Å². The van der Waals surface area contributed by atoms with Gasteiger partial charge in [0.25, 0.3) is 0 Å². The van der Waals surface area contributed by atoms with Crippen molar-refractivity contribution in [3.8, 4) is 62.1 Å². The highest BCUT2D eigenvalue weighted by Crippen LogP contribution is 2.44. The fourth-order valence-electron chi connectivity index (χ4n) is 7.60. The van der Waals surface area contributed by atoms with Gasteiger partial charge in [0.05, 0.1) is 24.9 Å². The van der Waals surface area contributed by atoms with Crippen LogP contribution in [0.25, 0.3) is 104 Å². The van der Waals surface area contributed by atoms with Crippen LogP contribution in [0.3, 0.4) is 0 Å². The third kappa shape index (κ3) is 5.40. The minimum Gasteiger partial charge on any atom is -0.309 e. The van der Waals surface area contributed by atoms with Gasteiger partial charge in [0.2, 0.25) is 0 Å². The molecule has 0 atom stereocenters. The summed E-state index contributed by atoms with van der Waals surface area (Å²) < 4.78 is 57.8. The van der Waals surface area contributed by atoms with Crippen molar-refractivity contribution >= 4 is 53.3 Å². The SMILES string of the molecule is [2H]c1cc([2H])c2c(c1[2H])c1c([2H])c([2H])cc([2H])c1n2-c1ccc(-c2cccc3c2sc2ccc(-c4ccccc4)cc23)cc1-c1nc(-c2ccccc2)nc(-c2ccccc2)n1. The van der Waals surface area contributed by atoms with Gasteiger partial charge in [-0.25, -0.2) is 15.0 Å². The van der Waals surface area contributed by atoms with Gasteiger partial charge >= 0.3 is 0 Å². The number of hydrogen-bond acceptors (Lipinski definition) is 4. The van der Waals surface area contributed by atoms with Crippen LogP contribution >= 0.6 is 11.3 Å². The quantitative estimate of drug-likeness (QED) is 0.171. The molecule has 0 N–H and O–H groups in total. The van der Waals surface area contributed by atoms with Crippen molar-refractivity contribution in [2.24, 2.45) is 0 Å². The van der Waals surface area contributed by atoms with Crippen molar-refractivity contribution in [3.63, 3.8) is 0 Å². The fourth-order valence-corrected chi connectivity index (χ4v) is 8.82. The first-order valence-electron chi connectivity index (χ1n) is 21.3. The fraction of sp³-hybridized carbons (Fsp3) is 0. The summed E-state index contributed by atoms with van der Waals surface area (Å²) in [5.41, 5.74) is 7.33. The normalized spacial score (nSPS) is 13.1. The molecule has 5 heteroatoms. The van der Waals surface area contributed by atoms with Gasteiger partial charge in [-0.2, -0.15) is 0 Å². The number of hydrogen-bond donors (Lipinski definition) is 0. The highest BCUT2D eigenvalue weighted by atomic mass is 32.1. The largest absolute Gasteiger partial charge is 0.309 e. The monoisotopic (exact) mass is 738 g/mol. The van der Waals surface area contributed by atoms with Crippen LogP contribution in [-0.4, -0.2) is 19.5 Å². The predicted octanol–water partition coefficient (Wildman–Crippen LogP) is 13.7.